The summed E-state index contributed by atoms with van der Waals surface area (Å²) in [7, 11) is 3.12. The number of nitrogens with one attached hydrogen (secondary N) is 1. The van der Waals surface area contributed by atoms with Gasteiger partial charge < -0.3 is 19.3 Å². The molecular formula is C22H27N3O5. The third-order valence-corrected chi connectivity index (χ3v) is 4.46. The average Bonchev–Trinajstić information content (AvgIpc) is 3.00. The normalized spacial score (nSPS) is 11.4. The van der Waals surface area contributed by atoms with Gasteiger partial charge in [-0.05, 0) is 57.5 Å². The van der Waals surface area contributed by atoms with Gasteiger partial charge in [0.2, 0.25) is 0 Å². The minimum absolute atomic E-state index is 0.137. The number of benzene rings is 1. The van der Waals surface area contributed by atoms with Crippen LogP contribution in [-0.4, -0.2) is 40.6 Å². The van der Waals surface area contributed by atoms with Crippen molar-refractivity contribution in [2.24, 2.45) is 0 Å². The van der Waals surface area contributed by atoms with Gasteiger partial charge in [-0.2, -0.15) is 5.10 Å². The number of aliphatic hydroxyl groups is 1. The van der Waals surface area contributed by atoms with Gasteiger partial charge in [0.05, 0.1) is 49.0 Å². The number of hydrogen-bond donors (Lipinski definition) is 2. The molecule has 8 heteroatoms. The Morgan fingerprint density at radius 2 is 1.80 bits per heavy atom. The third-order valence-electron chi connectivity index (χ3n) is 4.46. The summed E-state index contributed by atoms with van der Waals surface area (Å²) >= 11 is 0. The van der Waals surface area contributed by atoms with E-state index >= 15 is 0 Å². The van der Waals surface area contributed by atoms with E-state index in [-0.39, 0.29) is 6.61 Å². The molecule has 8 nitrogen and oxygen atoms in total. The summed E-state index contributed by atoms with van der Waals surface area (Å²) < 4.78 is 18.2. The van der Waals surface area contributed by atoms with Gasteiger partial charge in [-0.1, -0.05) is 6.07 Å². The number of aliphatic hydroxyl groups excluding tert-OH is 1. The Balaban J connectivity index is 2.16. The Labute approximate surface area is 175 Å². The zero-order valence-electron chi connectivity index (χ0n) is 18.1. The second-order valence-electron chi connectivity index (χ2n) is 7.83. The molecule has 0 saturated heterocycles. The van der Waals surface area contributed by atoms with E-state index < -0.39 is 11.7 Å². The maximum absolute atomic E-state index is 12.3. The van der Waals surface area contributed by atoms with Crippen LogP contribution in [-0.2, 0) is 11.3 Å². The van der Waals surface area contributed by atoms with Crippen molar-refractivity contribution >= 4 is 17.3 Å². The fraction of sp³-hybridized carbons (Fsp3) is 0.364. The first-order valence-electron chi connectivity index (χ1n) is 9.53. The Kier molecular flexibility index (Phi) is 5.89. The minimum atomic E-state index is -0.610. The Hall–Kier alpha value is -3.26. The van der Waals surface area contributed by atoms with E-state index in [1.54, 1.807) is 30.9 Å². The molecule has 0 unspecified atom stereocenters. The summed E-state index contributed by atoms with van der Waals surface area (Å²) in [4.78, 5) is 12.3. The number of carbonyl (C=O) groups excluding carboxylic acids is 1. The molecule has 0 atom stereocenters. The van der Waals surface area contributed by atoms with Gasteiger partial charge in [-0.25, -0.2) is 9.31 Å². The summed E-state index contributed by atoms with van der Waals surface area (Å²) in [6.07, 6.45) is -0.548. The number of aromatic nitrogens is 2. The van der Waals surface area contributed by atoms with Crippen molar-refractivity contribution in [3.63, 3.8) is 0 Å². The largest absolute Gasteiger partial charge is 0.496 e. The van der Waals surface area contributed by atoms with Gasteiger partial charge in [0, 0.05) is 0 Å². The predicted octanol–water partition coefficient (Wildman–Crippen LogP) is 4.17. The van der Waals surface area contributed by atoms with Gasteiger partial charge >= 0.3 is 6.09 Å². The Morgan fingerprint density at radius 3 is 2.33 bits per heavy atom. The molecule has 0 fully saturated rings. The number of nitrogens with zero attached hydrogens (tertiary/aromatic N) is 2. The number of methoxy groups -OCH3 is 2. The van der Waals surface area contributed by atoms with E-state index in [0.717, 1.165) is 0 Å². The summed E-state index contributed by atoms with van der Waals surface area (Å²) in [5, 5.41) is 17.0. The maximum Gasteiger partial charge on any atom is 0.412 e. The lowest BCUT2D eigenvalue weighted by Gasteiger charge is -2.19. The van der Waals surface area contributed by atoms with Gasteiger partial charge in [0.15, 0.2) is 0 Å². The number of rotatable bonds is 5. The molecule has 0 aliphatic heterocycles. The van der Waals surface area contributed by atoms with E-state index in [1.165, 1.54) is 0 Å². The van der Waals surface area contributed by atoms with Gasteiger partial charge in [-0.3, -0.25) is 5.32 Å². The van der Waals surface area contributed by atoms with Crippen molar-refractivity contribution in [2.75, 3.05) is 19.5 Å². The van der Waals surface area contributed by atoms with Crippen LogP contribution in [0.2, 0.25) is 0 Å². The average molecular weight is 413 g/mol. The third kappa shape index (κ3) is 4.18. The van der Waals surface area contributed by atoms with Gasteiger partial charge in [0.25, 0.3) is 0 Å². The molecular weight excluding hydrogens is 386 g/mol. The maximum atomic E-state index is 12.3. The highest BCUT2D eigenvalue weighted by Crippen LogP contribution is 2.40. The topological polar surface area (TPSA) is 94.3 Å². The van der Waals surface area contributed by atoms with Gasteiger partial charge in [-0.15, -0.1) is 0 Å². The van der Waals surface area contributed by atoms with Crippen LogP contribution in [0.5, 0.6) is 11.5 Å². The molecule has 2 aromatic heterocycles. The molecule has 0 radical (unpaired) electrons. The molecule has 0 spiro atoms. The van der Waals surface area contributed by atoms with Crippen LogP contribution >= 0.6 is 0 Å². The van der Waals surface area contributed by atoms with Crippen molar-refractivity contribution < 1.29 is 24.1 Å². The van der Waals surface area contributed by atoms with Crippen molar-refractivity contribution in [2.45, 2.75) is 39.9 Å². The number of carbonyl (C=O) groups is 1. The molecule has 0 aliphatic rings. The van der Waals surface area contributed by atoms with Crippen LogP contribution in [0, 0.1) is 6.92 Å². The highest BCUT2D eigenvalue weighted by Gasteiger charge is 2.22. The molecule has 2 heterocycles. The number of aryl methyl sites for hydroxylation is 1. The molecule has 1 amide bonds. The molecule has 160 valence electrons. The second kappa shape index (κ2) is 8.23. The Bertz CT molecular complexity index is 1060. The zero-order chi connectivity index (χ0) is 22.1. The molecule has 1 aromatic carbocycles. The monoisotopic (exact) mass is 413 g/mol. The van der Waals surface area contributed by atoms with Crippen LogP contribution in [0.3, 0.4) is 0 Å². The number of anilines is 1. The van der Waals surface area contributed by atoms with Crippen molar-refractivity contribution in [1.29, 1.82) is 0 Å². The van der Waals surface area contributed by atoms with E-state index in [2.05, 4.69) is 10.4 Å². The number of ether oxygens (including phenoxy) is 3. The first-order chi connectivity index (χ1) is 14.2. The summed E-state index contributed by atoms with van der Waals surface area (Å²) in [5.74, 6) is 1.08. The van der Waals surface area contributed by atoms with E-state index in [4.69, 9.17) is 14.2 Å². The van der Waals surface area contributed by atoms with Crippen LogP contribution in [0.1, 0.15) is 32.0 Å². The van der Waals surface area contributed by atoms with Crippen molar-refractivity contribution in [3.8, 4) is 22.8 Å². The molecule has 2 N–H and O–H groups in total. The highest BCUT2D eigenvalue weighted by atomic mass is 16.6. The number of fused-ring (bicyclic) bond motifs is 1. The summed E-state index contributed by atoms with van der Waals surface area (Å²) in [6, 6.07) is 9.12. The second-order valence-corrected chi connectivity index (χ2v) is 7.83. The van der Waals surface area contributed by atoms with E-state index in [9.17, 15) is 9.90 Å². The molecule has 3 rings (SSSR count). The van der Waals surface area contributed by atoms with Gasteiger partial charge in [0.1, 0.15) is 17.1 Å². The minimum Gasteiger partial charge on any atom is -0.496 e. The SMILES string of the molecule is COc1cc(CO)cc(OC)c1-c1cccc2c(NC(=O)OC(C)(C)C)c(C)nn12. The molecule has 30 heavy (non-hydrogen) atoms. The predicted molar refractivity (Wildman–Crippen MR) is 114 cm³/mol. The molecule has 0 aliphatic carbocycles. The first-order valence-corrected chi connectivity index (χ1v) is 9.53. The molecule has 0 saturated carbocycles. The summed E-state index contributed by atoms with van der Waals surface area (Å²) in [5.41, 5.74) is 3.37. The smallest absolute Gasteiger partial charge is 0.412 e. The lowest BCUT2D eigenvalue weighted by atomic mass is 10.0. The van der Waals surface area contributed by atoms with Crippen LogP contribution in [0.4, 0.5) is 10.5 Å². The highest BCUT2D eigenvalue weighted by molar-refractivity contribution is 5.93. The Morgan fingerprint density at radius 1 is 1.17 bits per heavy atom. The quantitative estimate of drug-likeness (QED) is 0.652. The van der Waals surface area contributed by atoms with Crippen LogP contribution < -0.4 is 14.8 Å². The number of amides is 1. The first kappa shape index (κ1) is 21.4. The fourth-order valence-corrected chi connectivity index (χ4v) is 3.24. The van der Waals surface area contributed by atoms with Crippen LogP contribution in [0.15, 0.2) is 30.3 Å². The zero-order valence-corrected chi connectivity index (χ0v) is 18.1. The summed E-state index contributed by atoms with van der Waals surface area (Å²) in [6.45, 7) is 7.10. The standard InChI is InChI=1S/C22H27N3O5/c1-13-20(23-21(27)30-22(2,3)4)16-9-7-8-15(25(16)24-13)19-17(28-5)10-14(12-26)11-18(19)29-6/h7-11,26H,12H2,1-6H3,(H,23,27). The molecule has 3 aromatic rings. The van der Waals surface area contributed by atoms with Crippen molar-refractivity contribution in [1.82, 2.24) is 9.61 Å². The number of pyridine rings is 1. The van der Waals surface area contributed by atoms with Crippen LogP contribution in [0.25, 0.3) is 16.8 Å². The van der Waals surface area contributed by atoms with Crippen molar-refractivity contribution in [3.05, 3.63) is 41.6 Å². The van der Waals surface area contributed by atoms with E-state index in [0.29, 0.717) is 45.2 Å². The lowest BCUT2D eigenvalue weighted by molar-refractivity contribution is 0.0636. The lowest BCUT2D eigenvalue weighted by Crippen LogP contribution is -2.27. The van der Waals surface area contributed by atoms with E-state index in [1.807, 2.05) is 45.9 Å². The number of hydrogen-bond acceptors (Lipinski definition) is 6. The molecule has 0 bridgehead atoms. The fourth-order valence-electron chi connectivity index (χ4n) is 3.24.